The Bertz CT molecular complexity index is 1200. The maximum atomic E-state index is 13.6. The molecule has 0 saturated heterocycles. The van der Waals surface area contributed by atoms with Gasteiger partial charge >= 0.3 is 6.03 Å². The molecule has 2 amide bonds. The van der Waals surface area contributed by atoms with Gasteiger partial charge in [-0.15, -0.1) is 0 Å². The smallest absolute Gasteiger partial charge is 0.322 e. The lowest BCUT2D eigenvalue weighted by Gasteiger charge is -2.38. The van der Waals surface area contributed by atoms with Crippen LogP contribution < -0.4 is 24.3 Å². The molecule has 8 heteroatoms. The van der Waals surface area contributed by atoms with Gasteiger partial charge in [0.2, 0.25) is 0 Å². The second-order valence-corrected chi connectivity index (χ2v) is 8.24. The number of nitrogens with zero attached hydrogens (tertiary/aromatic N) is 1. The van der Waals surface area contributed by atoms with Crippen LogP contribution in [0.2, 0.25) is 5.02 Å². The first-order chi connectivity index (χ1) is 16.5. The van der Waals surface area contributed by atoms with Gasteiger partial charge in [0.15, 0.2) is 11.5 Å². The highest BCUT2D eigenvalue weighted by Gasteiger charge is 2.34. The van der Waals surface area contributed by atoms with Crippen molar-refractivity contribution in [3.8, 4) is 23.0 Å². The number of hydrogen-bond acceptors (Lipinski definition) is 5. The summed E-state index contributed by atoms with van der Waals surface area (Å²) in [5.41, 5.74) is 3.51. The van der Waals surface area contributed by atoms with E-state index < -0.39 is 0 Å². The predicted molar refractivity (Wildman–Crippen MR) is 132 cm³/mol. The molecule has 1 heterocycles. The lowest BCUT2D eigenvalue weighted by molar-refractivity contribution is 0.193. The van der Waals surface area contributed by atoms with Gasteiger partial charge in [0, 0.05) is 17.6 Å². The van der Waals surface area contributed by atoms with Gasteiger partial charge in [-0.2, -0.15) is 0 Å². The summed E-state index contributed by atoms with van der Waals surface area (Å²) in [7, 11) is 6.35. The number of carbonyl (C=O) groups is 1. The average Bonchev–Trinajstić information content (AvgIpc) is 2.87. The Kier molecular flexibility index (Phi) is 7.03. The first kappa shape index (κ1) is 23.6. The molecule has 0 radical (unpaired) electrons. The van der Waals surface area contributed by atoms with Crippen LogP contribution in [0.3, 0.4) is 0 Å². The summed E-state index contributed by atoms with van der Waals surface area (Å²) in [6, 6.07) is 16.1. The zero-order chi connectivity index (χ0) is 24.2. The number of urea groups is 1. The highest BCUT2D eigenvalue weighted by molar-refractivity contribution is 6.30. The van der Waals surface area contributed by atoms with E-state index in [4.69, 9.17) is 30.5 Å². The average molecular weight is 483 g/mol. The van der Waals surface area contributed by atoms with Crippen LogP contribution >= 0.6 is 11.6 Å². The van der Waals surface area contributed by atoms with Gasteiger partial charge in [0.1, 0.15) is 11.5 Å². The normalized spacial score (nSPS) is 14.7. The van der Waals surface area contributed by atoms with Crippen molar-refractivity contribution in [3.05, 3.63) is 76.3 Å². The second kappa shape index (κ2) is 10.1. The largest absolute Gasteiger partial charge is 0.497 e. The van der Waals surface area contributed by atoms with Crippen LogP contribution in [-0.4, -0.2) is 45.9 Å². The van der Waals surface area contributed by atoms with Gasteiger partial charge in [-0.05, 0) is 59.5 Å². The summed E-state index contributed by atoms with van der Waals surface area (Å²) >= 11 is 6.33. The summed E-state index contributed by atoms with van der Waals surface area (Å²) in [4.78, 5) is 15.4. The molecule has 3 aromatic rings. The van der Waals surface area contributed by atoms with Crippen molar-refractivity contribution >= 4 is 23.3 Å². The summed E-state index contributed by atoms with van der Waals surface area (Å²) in [6.45, 7) is 0.504. The number of methoxy groups -OCH3 is 4. The third-order valence-corrected chi connectivity index (χ3v) is 6.18. The lowest BCUT2D eigenvalue weighted by Crippen LogP contribution is -2.43. The summed E-state index contributed by atoms with van der Waals surface area (Å²) in [6.07, 6.45) is 0.667. The first-order valence-corrected chi connectivity index (χ1v) is 11.2. The monoisotopic (exact) mass is 482 g/mol. The van der Waals surface area contributed by atoms with Gasteiger partial charge in [-0.25, -0.2) is 4.79 Å². The maximum absolute atomic E-state index is 13.6. The van der Waals surface area contributed by atoms with Crippen LogP contribution in [0, 0.1) is 0 Å². The lowest BCUT2D eigenvalue weighted by atomic mass is 9.88. The number of amides is 2. The van der Waals surface area contributed by atoms with Crippen molar-refractivity contribution < 1.29 is 23.7 Å². The Morgan fingerprint density at radius 1 is 0.912 bits per heavy atom. The third-order valence-electron chi connectivity index (χ3n) is 5.95. The topological polar surface area (TPSA) is 69.3 Å². The van der Waals surface area contributed by atoms with E-state index in [2.05, 4.69) is 5.32 Å². The molecular formula is C26H27ClN2O5. The summed E-state index contributed by atoms with van der Waals surface area (Å²) in [5, 5.41) is 3.60. The number of carbonyl (C=O) groups excluding carboxylic acids is 1. The number of hydrogen-bond donors (Lipinski definition) is 1. The molecule has 0 aliphatic carbocycles. The third kappa shape index (κ3) is 4.56. The quantitative estimate of drug-likeness (QED) is 0.498. The second-order valence-electron chi connectivity index (χ2n) is 7.80. The van der Waals surface area contributed by atoms with Crippen LogP contribution in [0.4, 0.5) is 10.5 Å². The van der Waals surface area contributed by atoms with Crippen LogP contribution in [-0.2, 0) is 6.42 Å². The van der Waals surface area contributed by atoms with Crippen LogP contribution in [0.25, 0.3) is 0 Å². The van der Waals surface area contributed by atoms with Crippen molar-refractivity contribution in [1.29, 1.82) is 0 Å². The molecule has 1 aliphatic heterocycles. The number of halogens is 1. The summed E-state index contributed by atoms with van der Waals surface area (Å²) < 4.78 is 21.8. The Hall–Kier alpha value is -3.58. The molecule has 0 bridgehead atoms. The Morgan fingerprint density at radius 2 is 1.65 bits per heavy atom. The molecule has 34 heavy (non-hydrogen) atoms. The molecule has 0 spiro atoms. The molecule has 0 saturated carbocycles. The number of nitrogens with one attached hydrogen (secondary N) is 1. The van der Waals surface area contributed by atoms with E-state index in [0.29, 0.717) is 46.7 Å². The fourth-order valence-electron chi connectivity index (χ4n) is 4.29. The molecule has 0 fully saturated rings. The van der Waals surface area contributed by atoms with Gasteiger partial charge in [0.05, 0.1) is 40.2 Å². The molecule has 1 N–H and O–H groups in total. The van der Waals surface area contributed by atoms with E-state index in [1.54, 1.807) is 51.5 Å². The molecule has 1 atom stereocenters. The molecule has 3 aromatic carbocycles. The molecule has 1 aliphatic rings. The number of benzene rings is 3. The van der Waals surface area contributed by atoms with E-state index in [1.807, 2.05) is 36.4 Å². The fraction of sp³-hybridized carbons (Fsp3) is 0.269. The minimum Gasteiger partial charge on any atom is -0.497 e. The standard InChI is InChI=1S/C26H27ClN2O5/c1-31-19-8-9-21(22(14-19)32-2)28-26(30)29-11-10-16-13-23(33-3)24(34-4)15-20(16)25(29)17-6-5-7-18(27)12-17/h5-9,12-15,25H,10-11H2,1-4H3,(H,28,30)/t25-/m0/s1. The van der Waals surface area contributed by atoms with Crippen molar-refractivity contribution in [2.45, 2.75) is 12.5 Å². The van der Waals surface area contributed by atoms with E-state index in [1.165, 1.54) is 0 Å². The first-order valence-electron chi connectivity index (χ1n) is 10.8. The molecule has 0 unspecified atom stereocenters. The van der Waals surface area contributed by atoms with Crippen molar-refractivity contribution in [2.75, 3.05) is 40.3 Å². The minimum atomic E-state index is -0.369. The SMILES string of the molecule is COc1ccc(NC(=O)N2CCc3cc(OC)c(OC)cc3[C@@H]2c2cccc(Cl)c2)c(OC)c1. The number of anilines is 1. The van der Waals surface area contributed by atoms with Crippen LogP contribution in [0.5, 0.6) is 23.0 Å². The highest BCUT2D eigenvalue weighted by Crippen LogP contribution is 2.42. The number of fused-ring (bicyclic) bond motifs is 1. The number of rotatable bonds is 6. The van der Waals surface area contributed by atoms with E-state index in [9.17, 15) is 4.79 Å². The van der Waals surface area contributed by atoms with Crippen molar-refractivity contribution in [1.82, 2.24) is 4.90 Å². The molecule has 0 aromatic heterocycles. The molecular weight excluding hydrogens is 456 g/mol. The van der Waals surface area contributed by atoms with Gasteiger partial charge < -0.3 is 29.2 Å². The minimum absolute atomic E-state index is 0.256. The fourth-order valence-corrected chi connectivity index (χ4v) is 4.49. The Labute approximate surface area is 204 Å². The predicted octanol–water partition coefficient (Wildman–Crippen LogP) is 5.55. The number of ether oxygens (including phenoxy) is 4. The van der Waals surface area contributed by atoms with Crippen molar-refractivity contribution in [3.63, 3.8) is 0 Å². The van der Waals surface area contributed by atoms with E-state index in [0.717, 1.165) is 16.7 Å². The van der Waals surface area contributed by atoms with Gasteiger partial charge in [-0.3, -0.25) is 0 Å². The Balaban J connectivity index is 1.75. The maximum Gasteiger partial charge on any atom is 0.322 e. The zero-order valence-electron chi connectivity index (χ0n) is 19.6. The van der Waals surface area contributed by atoms with Gasteiger partial charge in [0.25, 0.3) is 0 Å². The molecule has 4 rings (SSSR count). The molecule has 178 valence electrons. The van der Waals surface area contributed by atoms with Crippen LogP contribution in [0.1, 0.15) is 22.7 Å². The van der Waals surface area contributed by atoms with Crippen LogP contribution in [0.15, 0.2) is 54.6 Å². The highest BCUT2D eigenvalue weighted by atomic mass is 35.5. The van der Waals surface area contributed by atoms with Gasteiger partial charge in [-0.1, -0.05) is 23.7 Å². The zero-order valence-corrected chi connectivity index (χ0v) is 20.3. The molecule has 7 nitrogen and oxygen atoms in total. The van der Waals surface area contributed by atoms with Crippen molar-refractivity contribution in [2.24, 2.45) is 0 Å². The van der Waals surface area contributed by atoms with E-state index >= 15 is 0 Å². The Morgan fingerprint density at radius 3 is 2.32 bits per heavy atom. The summed E-state index contributed by atoms with van der Waals surface area (Å²) in [5.74, 6) is 2.41. The van der Waals surface area contributed by atoms with E-state index in [-0.39, 0.29) is 12.1 Å².